The largest absolute Gasteiger partial charge is 0.394 e. The van der Waals surface area contributed by atoms with Gasteiger partial charge in [0.2, 0.25) is 5.91 Å². The van der Waals surface area contributed by atoms with E-state index in [4.69, 9.17) is 0 Å². The molecule has 306 valence electrons. The number of hydrogen-bond donors (Lipinski definition) is 4. The Morgan fingerprint density at radius 2 is 0.788 bits per heavy atom. The first-order valence-corrected chi connectivity index (χ1v) is 22.8. The van der Waals surface area contributed by atoms with Crippen LogP contribution in [0.3, 0.4) is 0 Å². The molecule has 52 heavy (non-hydrogen) atoms. The van der Waals surface area contributed by atoms with E-state index in [1.165, 1.54) is 154 Å². The van der Waals surface area contributed by atoms with Crippen molar-refractivity contribution in [1.82, 2.24) is 5.32 Å². The second kappa shape index (κ2) is 42.3. The van der Waals surface area contributed by atoms with Crippen molar-refractivity contribution in [2.24, 2.45) is 0 Å². The number of allylic oxidation sites excluding steroid dienone is 6. The first-order valence-electron chi connectivity index (χ1n) is 22.8. The van der Waals surface area contributed by atoms with E-state index in [-0.39, 0.29) is 12.5 Å². The first-order chi connectivity index (χ1) is 25.6. The van der Waals surface area contributed by atoms with Crippen LogP contribution in [0.5, 0.6) is 0 Å². The molecule has 5 heteroatoms. The molecule has 0 aliphatic rings. The Morgan fingerprint density at radius 3 is 1.17 bits per heavy atom. The second-order valence-corrected chi connectivity index (χ2v) is 15.6. The highest BCUT2D eigenvalue weighted by atomic mass is 16.3. The summed E-state index contributed by atoms with van der Waals surface area (Å²) in [6.45, 7) is 4.16. The molecule has 0 aliphatic carbocycles. The van der Waals surface area contributed by atoms with Crippen LogP contribution in [0.15, 0.2) is 36.5 Å². The van der Waals surface area contributed by atoms with Crippen LogP contribution in [0.4, 0.5) is 0 Å². The van der Waals surface area contributed by atoms with Gasteiger partial charge in [0.15, 0.2) is 0 Å². The average Bonchev–Trinajstić information content (AvgIpc) is 3.15. The van der Waals surface area contributed by atoms with Crippen LogP contribution in [0, 0.1) is 0 Å². The maximum Gasteiger partial charge on any atom is 0.220 e. The fraction of sp³-hybridized carbons (Fsp3) is 0.851. The Hall–Kier alpha value is -1.43. The monoisotopic (exact) mass is 732 g/mol. The highest BCUT2D eigenvalue weighted by molar-refractivity contribution is 5.76. The van der Waals surface area contributed by atoms with Crippen molar-refractivity contribution in [3.05, 3.63) is 36.5 Å². The van der Waals surface area contributed by atoms with E-state index in [0.717, 1.165) is 51.4 Å². The van der Waals surface area contributed by atoms with Gasteiger partial charge in [-0.05, 0) is 77.0 Å². The van der Waals surface area contributed by atoms with Gasteiger partial charge >= 0.3 is 0 Å². The molecular formula is C47H89NO4. The lowest BCUT2D eigenvalue weighted by Crippen LogP contribution is -2.50. The van der Waals surface area contributed by atoms with Gasteiger partial charge in [0, 0.05) is 6.42 Å². The quantitative estimate of drug-likeness (QED) is 0.0372. The average molecular weight is 732 g/mol. The van der Waals surface area contributed by atoms with E-state index >= 15 is 0 Å². The number of unbranched alkanes of at least 4 members (excludes halogenated alkanes) is 27. The zero-order valence-electron chi connectivity index (χ0n) is 34.7. The molecule has 0 heterocycles. The zero-order chi connectivity index (χ0) is 38.0. The van der Waals surface area contributed by atoms with Crippen LogP contribution < -0.4 is 5.32 Å². The predicted octanol–water partition coefficient (Wildman–Crippen LogP) is 13.2. The molecule has 0 fully saturated rings. The van der Waals surface area contributed by atoms with Gasteiger partial charge in [0.1, 0.15) is 6.10 Å². The third kappa shape index (κ3) is 36.9. The molecule has 0 spiro atoms. The molecule has 0 aliphatic heterocycles. The smallest absolute Gasteiger partial charge is 0.220 e. The summed E-state index contributed by atoms with van der Waals surface area (Å²) in [5, 5.41) is 33.5. The SMILES string of the molecule is CCCCCCCCC/C=C\CCCCCCCC(=O)NC(CO)C(O)C(O)CCC/C=C/CC/C=C/CCCCCCCCCCCCCCC. The fourth-order valence-corrected chi connectivity index (χ4v) is 6.88. The van der Waals surface area contributed by atoms with Crippen molar-refractivity contribution in [3.63, 3.8) is 0 Å². The van der Waals surface area contributed by atoms with Gasteiger partial charge in [-0.3, -0.25) is 4.79 Å². The van der Waals surface area contributed by atoms with E-state index in [1.54, 1.807) is 0 Å². The number of nitrogens with one attached hydrogen (secondary N) is 1. The van der Waals surface area contributed by atoms with E-state index in [1.807, 2.05) is 0 Å². The summed E-state index contributed by atoms with van der Waals surface area (Å²) in [6, 6.07) is -0.836. The molecule has 3 unspecified atom stereocenters. The maximum absolute atomic E-state index is 12.4. The number of aliphatic hydroxyl groups excluding tert-OH is 3. The van der Waals surface area contributed by atoms with Crippen LogP contribution in [0.25, 0.3) is 0 Å². The fourth-order valence-electron chi connectivity index (χ4n) is 6.88. The Bertz CT molecular complexity index is 809. The minimum absolute atomic E-state index is 0.167. The molecule has 0 aromatic carbocycles. The van der Waals surface area contributed by atoms with E-state index in [0.29, 0.717) is 12.8 Å². The zero-order valence-corrected chi connectivity index (χ0v) is 34.7. The van der Waals surface area contributed by atoms with E-state index in [9.17, 15) is 20.1 Å². The van der Waals surface area contributed by atoms with Crippen molar-refractivity contribution in [1.29, 1.82) is 0 Å². The normalized spacial score (nSPS) is 13.9. The topological polar surface area (TPSA) is 89.8 Å². The van der Waals surface area contributed by atoms with Crippen molar-refractivity contribution >= 4 is 5.91 Å². The van der Waals surface area contributed by atoms with Gasteiger partial charge < -0.3 is 20.6 Å². The number of aliphatic hydroxyl groups is 3. The van der Waals surface area contributed by atoms with Crippen LogP contribution >= 0.6 is 0 Å². The van der Waals surface area contributed by atoms with Gasteiger partial charge in [0.05, 0.1) is 18.8 Å². The molecule has 0 bridgehead atoms. The molecular weight excluding hydrogens is 643 g/mol. The summed E-state index contributed by atoms with van der Waals surface area (Å²) in [7, 11) is 0. The number of amides is 1. The van der Waals surface area contributed by atoms with Crippen molar-refractivity contribution in [2.45, 2.75) is 250 Å². The molecule has 3 atom stereocenters. The van der Waals surface area contributed by atoms with Crippen LogP contribution in [-0.4, -0.2) is 46.1 Å². The predicted molar refractivity (Wildman–Crippen MR) is 227 cm³/mol. The highest BCUT2D eigenvalue weighted by Gasteiger charge is 2.26. The maximum atomic E-state index is 12.4. The summed E-state index contributed by atoms with van der Waals surface area (Å²) < 4.78 is 0. The molecule has 0 rings (SSSR count). The van der Waals surface area contributed by atoms with Gasteiger partial charge in [0.25, 0.3) is 0 Å². The lowest BCUT2D eigenvalue weighted by atomic mass is 10.0. The Kier molecular flexibility index (Phi) is 41.1. The van der Waals surface area contributed by atoms with Gasteiger partial charge in [-0.1, -0.05) is 185 Å². The van der Waals surface area contributed by atoms with Crippen LogP contribution in [0.1, 0.15) is 232 Å². The standard InChI is InChI=1S/C47H89NO4/c1-3-5-7-9-11-13-15-17-19-21-22-23-24-25-26-27-29-31-33-35-37-39-41-45(50)47(52)44(43-49)48-46(51)42-40-38-36-34-32-30-28-20-18-16-14-12-10-8-6-4-2/h20,26-28,33,35,44-45,47,49-50,52H,3-19,21-25,29-32,34,36-43H2,1-2H3,(H,48,51)/b27-26+,28-20-,35-33+. The molecule has 0 saturated heterocycles. The number of rotatable bonds is 41. The minimum Gasteiger partial charge on any atom is -0.394 e. The van der Waals surface area contributed by atoms with Crippen molar-refractivity contribution in [3.8, 4) is 0 Å². The van der Waals surface area contributed by atoms with Gasteiger partial charge in [-0.2, -0.15) is 0 Å². The molecule has 0 saturated carbocycles. The third-order valence-electron chi connectivity index (χ3n) is 10.4. The summed E-state index contributed by atoms with van der Waals surface area (Å²) in [4.78, 5) is 12.4. The van der Waals surface area contributed by atoms with Crippen molar-refractivity contribution in [2.75, 3.05) is 6.61 Å². The summed E-state index contributed by atoms with van der Waals surface area (Å²) in [5.74, 6) is -0.167. The number of carbonyl (C=O) groups is 1. The molecule has 1 amide bonds. The van der Waals surface area contributed by atoms with E-state index in [2.05, 4.69) is 55.6 Å². The highest BCUT2D eigenvalue weighted by Crippen LogP contribution is 2.15. The van der Waals surface area contributed by atoms with Crippen LogP contribution in [0.2, 0.25) is 0 Å². The van der Waals surface area contributed by atoms with Gasteiger partial charge in [-0.15, -0.1) is 0 Å². The molecule has 0 aromatic heterocycles. The van der Waals surface area contributed by atoms with Crippen molar-refractivity contribution < 1.29 is 20.1 Å². The van der Waals surface area contributed by atoms with Gasteiger partial charge in [-0.25, -0.2) is 0 Å². The molecule has 5 nitrogen and oxygen atoms in total. The lowest BCUT2D eigenvalue weighted by Gasteiger charge is -2.26. The molecule has 0 radical (unpaired) electrons. The molecule has 0 aromatic rings. The first kappa shape index (κ1) is 50.6. The lowest BCUT2D eigenvalue weighted by molar-refractivity contribution is -0.124. The summed E-state index contributed by atoms with van der Waals surface area (Å²) in [5.41, 5.74) is 0. The third-order valence-corrected chi connectivity index (χ3v) is 10.4. The summed E-state index contributed by atoms with van der Waals surface area (Å²) in [6.07, 6.45) is 52.6. The Labute approximate surface area is 324 Å². The number of carbonyl (C=O) groups excluding carboxylic acids is 1. The second-order valence-electron chi connectivity index (χ2n) is 15.6. The Morgan fingerprint density at radius 1 is 0.462 bits per heavy atom. The van der Waals surface area contributed by atoms with E-state index < -0.39 is 18.2 Å². The van der Waals surface area contributed by atoms with Crippen LogP contribution in [-0.2, 0) is 4.79 Å². The summed E-state index contributed by atoms with van der Waals surface area (Å²) >= 11 is 0. The number of hydrogen-bond acceptors (Lipinski definition) is 4. The minimum atomic E-state index is -1.17. The Balaban J connectivity index is 3.70. The molecule has 4 N–H and O–H groups in total.